The normalized spacial score (nSPS) is 15.0. The van der Waals surface area contributed by atoms with Crippen molar-refractivity contribution in [3.05, 3.63) is 95.0 Å². The summed E-state index contributed by atoms with van der Waals surface area (Å²) in [6.07, 6.45) is 1.56. The molecular formula is C27H28ClN3O2S. The van der Waals surface area contributed by atoms with Gasteiger partial charge in [-0.3, -0.25) is 9.59 Å². The topological polar surface area (TPSA) is 75.4 Å². The third-order valence-electron chi connectivity index (χ3n) is 6.07. The Kier molecular flexibility index (Phi) is 8.14. The van der Waals surface area contributed by atoms with Gasteiger partial charge in [0.15, 0.2) is 0 Å². The molecule has 34 heavy (non-hydrogen) atoms. The summed E-state index contributed by atoms with van der Waals surface area (Å²) in [5, 5.41) is 3.73. The number of halogens is 1. The van der Waals surface area contributed by atoms with Gasteiger partial charge in [0, 0.05) is 35.4 Å². The molecule has 1 unspecified atom stereocenters. The number of nitrogens with two attached hydrogens (primary N) is 1. The minimum Gasteiger partial charge on any atom is -0.371 e. The van der Waals surface area contributed by atoms with E-state index in [9.17, 15) is 9.59 Å². The number of nitrogens with zero attached hydrogens (tertiary/aromatic N) is 1. The first-order valence-electron chi connectivity index (χ1n) is 11.4. The van der Waals surface area contributed by atoms with E-state index in [-0.39, 0.29) is 23.0 Å². The Morgan fingerprint density at radius 1 is 0.941 bits per heavy atom. The molecule has 0 aromatic heterocycles. The first-order valence-corrected chi connectivity index (χ1v) is 12.8. The lowest BCUT2D eigenvalue weighted by molar-refractivity contribution is -0.122. The molecule has 4 rings (SSSR count). The van der Waals surface area contributed by atoms with Crippen LogP contribution in [0.3, 0.4) is 0 Å². The van der Waals surface area contributed by atoms with E-state index in [2.05, 4.69) is 22.3 Å². The molecule has 0 spiro atoms. The summed E-state index contributed by atoms with van der Waals surface area (Å²) in [4.78, 5) is 26.3. The molecule has 1 heterocycles. The number of carbonyl (C=O) groups is 2. The van der Waals surface area contributed by atoms with Crippen LogP contribution >= 0.6 is 23.4 Å². The number of amides is 2. The van der Waals surface area contributed by atoms with Crippen molar-refractivity contribution < 1.29 is 9.59 Å². The van der Waals surface area contributed by atoms with E-state index >= 15 is 0 Å². The largest absolute Gasteiger partial charge is 0.371 e. The van der Waals surface area contributed by atoms with E-state index < -0.39 is 0 Å². The fraction of sp³-hybridized carbons (Fsp3) is 0.259. The van der Waals surface area contributed by atoms with Crippen molar-refractivity contribution in [2.24, 2.45) is 11.7 Å². The molecule has 2 amide bonds. The number of thioether (sulfide) groups is 1. The lowest BCUT2D eigenvalue weighted by Gasteiger charge is -2.32. The zero-order valence-corrected chi connectivity index (χ0v) is 20.4. The number of carbonyl (C=O) groups excluding carboxylic acids is 2. The smallest absolute Gasteiger partial charge is 0.234 e. The van der Waals surface area contributed by atoms with E-state index in [1.54, 1.807) is 11.8 Å². The summed E-state index contributed by atoms with van der Waals surface area (Å²) in [7, 11) is 0. The minimum absolute atomic E-state index is 0.0279. The van der Waals surface area contributed by atoms with Crippen LogP contribution in [0.5, 0.6) is 0 Å². The fourth-order valence-electron chi connectivity index (χ4n) is 4.18. The molecule has 1 aliphatic heterocycles. The molecule has 3 aromatic rings. The summed E-state index contributed by atoms with van der Waals surface area (Å²) in [5.74, 6) is 0.0425. The monoisotopic (exact) mass is 493 g/mol. The molecule has 0 bridgehead atoms. The highest BCUT2D eigenvalue weighted by molar-refractivity contribution is 8.00. The maximum absolute atomic E-state index is 12.7. The molecular weight excluding hydrogens is 466 g/mol. The van der Waals surface area contributed by atoms with Gasteiger partial charge in [0.05, 0.1) is 11.0 Å². The second-order valence-corrected chi connectivity index (χ2v) is 9.94. The Bertz CT molecular complexity index is 1100. The highest BCUT2D eigenvalue weighted by atomic mass is 35.5. The molecule has 1 aliphatic rings. The van der Waals surface area contributed by atoms with Crippen molar-refractivity contribution >= 4 is 46.6 Å². The van der Waals surface area contributed by atoms with Crippen LogP contribution in [0.4, 0.5) is 11.4 Å². The van der Waals surface area contributed by atoms with Crippen molar-refractivity contribution in [3.8, 4) is 0 Å². The van der Waals surface area contributed by atoms with Crippen LogP contribution in [-0.4, -0.2) is 30.7 Å². The van der Waals surface area contributed by atoms with Crippen molar-refractivity contribution in [1.82, 2.24) is 0 Å². The van der Waals surface area contributed by atoms with Crippen LogP contribution in [-0.2, 0) is 9.59 Å². The highest BCUT2D eigenvalue weighted by Gasteiger charge is 2.23. The number of anilines is 2. The van der Waals surface area contributed by atoms with E-state index in [1.165, 1.54) is 0 Å². The number of rotatable bonds is 8. The van der Waals surface area contributed by atoms with Crippen LogP contribution < -0.4 is 16.0 Å². The van der Waals surface area contributed by atoms with Crippen LogP contribution in [0.25, 0.3) is 0 Å². The van der Waals surface area contributed by atoms with Crippen molar-refractivity contribution in [3.63, 3.8) is 0 Å². The zero-order chi connectivity index (χ0) is 23.9. The van der Waals surface area contributed by atoms with Gasteiger partial charge in [-0.2, -0.15) is 0 Å². The van der Waals surface area contributed by atoms with Gasteiger partial charge in [0.2, 0.25) is 11.8 Å². The van der Waals surface area contributed by atoms with Crippen molar-refractivity contribution in [1.29, 1.82) is 0 Å². The molecule has 1 atom stereocenters. The van der Waals surface area contributed by atoms with Gasteiger partial charge in [-0.25, -0.2) is 0 Å². The van der Waals surface area contributed by atoms with Gasteiger partial charge in [-0.05, 0) is 60.4 Å². The second kappa shape index (κ2) is 11.4. The highest BCUT2D eigenvalue weighted by Crippen LogP contribution is 2.36. The van der Waals surface area contributed by atoms with Crippen LogP contribution in [0, 0.1) is 5.92 Å². The molecule has 0 saturated carbocycles. The summed E-state index contributed by atoms with van der Waals surface area (Å²) in [6.45, 7) is 1.61. The third-order valence-corrected chi connectivity index (χ3v) is 7.63. The maximum atomic E-state index is 12.7. The average molecular weight is 494 g/mol. The lowest BCUT2D eigenvalue weighted by atomic mass is 9.96. The number of hydrogen-bond acceptors (Lipinski definition) is 4. The number of benzene rings is 3. The van der Waals surface area contributed by atoms with Crippen molar-refractivity contribution in [2.75, 3.05) is 29.1 Å². The van der Waals surface area contributed by atoms with Gasteiger partial charge in [0.25, 0.3) is 0 Å². The van der Waals surface area contributed by atoms with Crippen molar-refractivity contribution in [2.45, 2.75) is 18.1 Å². The molecule has 3 aromatic carbocycles. The lowest BCUT2D eigenvalue weighted by Crippen LogP contribution is -2.38. The first kappa shape index (κ1) is 24.2. The number of primary amides is 1. The molecule has 7 heteroatoms. The van der Waals surface area contributed by atoms with E-state index in [4.69, 9.17) is 17.3 Å². The van der Waals surface area contributed by atoms with Gasteiger partial charge in [0.1, 0.15) is 0 Å². The molecule has 3 N–H and O–H groups in total. The van der Waals surface area contributed by atoms with E-state index in [1.807, 2.05) is 66.7 Å². The minimum atomic E-state index is -0.207. The van der Waals surface area contributed by atoms with Crippen LogP contribution in [0.2, 0.25) is 5.02 Å². The van der Waals surface area contributed by atoms with Gasteiger partial charge in [-0.15, -0.1) is 11.8 Å². The Morgan fingerprint density at radius 3 is 2.18 bits per heavy atom. The van der Waals surface area contributed by atoms with E-state index in [0.717, 1.165) is 48.4 Å². The summed E-state index contributed by atoms with van der Waals surface area (Å²) >= 11 is 7.66. The SMILES string of the molecule is NC(=O)C1CCN(c2ccc(NC(=O)CSC(c3ccccc3)c3ccc(Cl)cc3)cc2)CC1. The number of hydrogen-bond donors (Lipinski definition) is 2. The van der Waals surface area contributed by atoms with E-state index in [0.29, 0.717) is 10.8 Å². The average Bonchev–Trinajstić information content (AvgIpc) is 2.86. The number of piperidine rings is 1. The van der Waals surface area contributed by atoms with Crippen LogP contribution in [0.1, 0.15) is 29.2 Å². The molecule has 1 saturated heterocycles. The predicted octanol–water partition coefficient (Wildman–Crippen LogP) is 5.50. The Labute approximate surface area is 209 Å². The van der Waals surface area contributed by atoms with Gasteiger partial charge >= 0.3 is 0 Å². The second-order valence-electron chi connectivity index (χ2n) is 8.41. The molecule has 0 radical (unpaired) electrons. The molecule has 1 fully saturated rings. The van der Waals surface area contributed by atoms with Crippen LogP contribution in [0.15, 0.2) is 78.9 Å². The molecule has 5 nitrogen and oxygen atoms in total. The summed E-state index contributed by atoms with van der Waals surface area (Å²) < 4.78 is 0. The Hall–Kier alpha value is -2.96. The molecule has 0 aliphatic carbocycles. The zero-order valence-electron chi connectivity index (χ0n) is 18.8. The number of nitrogens with one attached hydrogen (secondary N) is 1. The quantitative estimate of drug-likeness (QED) is 0.434. The molecule has 176 valence electrons. The third kappa shape index (κ3) is 6.33. The first-order chi connectivity index (χ1) is 16.5. The maximum Gasteiger partial charge on any atom is 0.234 e. The standard InChI is InChI=1S/C27H28ClN3O2S/c28-22-8-6-20(7-9-22)26(19-4-2-1-3-5-19)34-18-25(32)30-23-10-12-24(13-11-23)31-16-14-21(15-17-31)27(29)33/h1-13,21,26H,14-18H2,(H2,29,33)(H,30,32). The fourth-order valence-corrected chi connectivity index (χ4v) is 5.40. The Balaban J connectivity index is 1.34. The van der Waals surface area contributed by atoms with Gasteiger partial charge in [-0.1, -0.05) is 54.1 Å². The summed E-state index contributed by atoms with van der Waals surface area (Å²) in [6, 6.07) is 25.8. The summed E-state index contributed by atoms with van der Waals surface area (Å²) in [5.41, 5.74) is 9.54. The Morgan fingerprint density at radius 2 is 1.56 bits per heavy atom. The predicted molar refractivity (Wildman–Crippen MR) is 141 cm³/mol. The van der Waals surface area contributed by atoms with Gasteiger partial charge < -0.3 is 16.0 Å².